The first kappa shape index (κ1) is 11.4. The summed E-state index contributed by atoms with van der Waals surface area (Å²) in [6.07, 6.45) is 5.08. The Morgan fingerprint density at radius 2 is 2.17 bits per heavy atom. The predicted molar refractivity (Wildman–Crippen MR) is 69.2 cm³/mol. The Bertz CT molecular complexity index is 491. The molecule has 0 atom stereocenters. The van der Waals surface area contributed by atoms with Gasteiger partial charge in [-0.3, -0.25) is 4.79 Å². The first-order valence-electron chi connectivity index (χ1n) is 6.47. The number of rotatable bonds is 4. The molecular formula is C14H18N2O2. The molecule has 4 N–H and O–H groups in total. The molecule has 0 bridgehead atoms. The Balaban J connectivity index is 1.65. The Labute approximate surface area is 106 Å². The lowest BCUT2D eigenvalue weighted by Gasteiger charge is -2.15. The summed E-state index contributed by atoms with van der Waals surface area (Å²) in [4.78, 5) is 12.0. The Kier molecular flexibility index (Phi) is 2.47. The standard InChI is InChI=1S/C14H18N2O2/c15-12-4-3-10(17)7-11(12)13(18)16-8-14(5-6-14)9-1-2-9/h3-4,7,9,17H,1-2,5-6,8,15H2,(H,16,18). The van der Waals surface area contributed by atoms with Crippen molar-refractivity contribution < 1.29 is 9.90 Å². The molecule has 1 aromatic rings. The van der Waals surface area contributed by atoms with E-state index in [0.29, 0.717) is 16.7 Å². The SMILES string of the molecule is Nc1ccc(O)cc1C(=O)NCC1(C2CC2)CC1. The van der Waals surface area contributed by atoms with Crippen molar-refractivity contribution in [2.24, 2.45) is 11.3 Å². The average molecular weight is 246 g/mol. The minimum Gasteiger partial charge on any atom is -0.508 e. The highest BCUT2D eigenvalue weighted by atomic mass is 16.3. The smallest absolute Gasteiger partial charge is 0.253 e. The van der Waals surface area contributed by atoms with Crippen LogP contribution >= 0.6 is 0 Å². The summed E-state index contributed by atoms with van der Waals surface area (Å²) < 4.78 is 0. The van der Waals surface area contributed by atoms with Crippen molar-refractivity contribution >= 4 is 11.6 Å². The van der Waals surface area contributed by atoms with Gasteiger partial charge in [-0.1, -0.05) is 0 Å². The molecule has 2 fully saturated rings. The summed E-state index contributed by atoms with van der Waals surface area (Å²) in [7, 11) is 0. The van der Waals surface area contributed by atoms with Gasteiger partial charge in [0.1, 0.15) is 5.75 Å². The monoisotopic (exact) mass is 246 g/mol. The number of hydrogen-bond acceptors (Lipinski definition) is 3. The van der Waals surface area contributed by atoms with Crippen LogP contribution in [-0.2, 0) is 0 Å². The van der Waals surface area contributed by atoms with E-state index in [4.69, 9.17) is 5.73 Å². The van der Waals surface area contributed by atoms with Crippen LogP contribution in [-0.4, -0.2) is 17.6 Å². The largest absolute Gasteiger partial charge is 0.508 e. The topological polar surface area (TPSA) is 75.3 Å². The predicted octanol–water partition coefficient (Wildman–Crippen LogP) is 1.89. The maximum absolute atomic E-state index is 12.0. The second-order valence-electron chi connectivity index (χ2n) is 5.59. The first-order chi connectivity index (χ1) is 8.61. The van der Waals surface area contributed by atoms with Crippen LogP contribution in [0, 0.1) is 11.3 Å². The molecule has 1 aromatic carbocycles. The van der Waals surface area contributed by atoms with Crippen LogP contribution in [0.15, 0.2) is 18.2 Å². The molecule has 2 saturated carbocycles. The number of nitrogens with two attached hydrogens (primary N) is 1. The molecule has 0 heterocycles. The molecular weight excluding hydrogens is 228 g/mol. The molecule has 0 saturated heterocycles. The van der Waals surface area contributed by atoms with Crippen molar-refractivity contribution in [1.82, 2.24) is 5.32 Å². The zero-order valence-corrected chi connectivity index (χ0v) is 10.3. The Morgan fingerprint density at radius 1 is 1.44 bits per heavy atom. The lowest BCUT2D eigenvalue weighted by molar-refractivity contribution is 0.0943. The van der Waals surface area contributed by atoms with E-state index in [2.05, 4.69) is 5.32 Å². The molecule has 4 nitrogen and oxygen atoms in total. The van der Waals surface area contributed by atoms with Gasteiger partial charge in [0.2, 0.25) is 0 Å². The maximum Gasteiger partial charge on any atom is 0.253 e. The van der Waals surface area contributed by atoms with Gasteiger partial charge in [-0.2, -0.15) is 0 Å². The van der Waals surface area contributed by atoms with Gasteiger partial charge in [0, 0.05) is 12.2 Å². The number of benzene rings is 1. The maximum atomic E-state index is 12.0. The summed E-state index contributed by atoms with van der Waals surface area (Å²) in [6, 6.07) is 4.46. The molecule has 0 aromatic heterocycles. The van der Waals surface area contributed by atoms with E-state index < -0.39 is 0 Å². The van der Waals surface area contributed by atoms with E-state index in [1.165, 1.54) is 37.8 Å². The second kappa shape index (κ2) is 3.90. The fourth-order valence-corrected chi connectivity index (χ4v) is 2.68. The molecule has 3 rings (SSSR count). The lowest BCUT2D eigenvalue weighted by Crippen LogP contribution is -2.31. The van der Waals surface area contributed by atoms with E-state index in [1.54, 1.807) is 6.07 Å². The van der Waals surface area contributed by atoms with Crippen LogP contribution in [0.4, 0.5) is 5.69 Å². The van der Waals surface area contributed by atoms with Crippen LogP contribution in [0.5, 0.6) is 5.75 Å². The van der Waals surface area contributed by atoms with Gasteiger partial charge in [-0.25, -0.2) is 0 Å². The highest BCUT2D eigenvalue weighted by molar-refractivity contribution is 5.99. The average Bonchev–Trinajstić information content (AvgIpc) is 3.21. The first-order valence-corrected chi connectivity index (χ1v) is 6.47. The molecule has 4 heteroatoms. The number of nitrogen functional groups attached to an aromatic ring is 1. The van der Waals surface area contributed by atoms with E-state index >= 15 is 0 Å². The minimum absolute atomic E-state index is 0.0673. The van der Waals surface area contributed by atoms with Crippen molar-refractivity contribution in [2.75, 3.05) is 12.3 Å². The molecule has 1 amide bonds. The number of carbonyl (C=O) groups excluding carboxylic acids is 1. The van der Waals surface area contributed by atoms with Crippen molar-refractivity contribution in [3.8, 4) is 5.75 Å². The normalized spacial score (nSPS) is 20.4. The van der Waals surface area contributed by atoms with Crippen molar-refractivity contribution in [1.29, 1.82) is 0 Å². The summed E-state index contributed by atoms with van der Waals surface area (Å²) in [5.74, 6) is 0.701. The fraction of sp³-hybridized carbons (Fsp3) is 0.500. The number of carbonyl (C=O) groups is 1. The van der Waals surface area contributed by atoms with Crippen molar-refractivity contribution in [3.63, 3.8) is 0 Å². The molecule has 2 aliphatic carbocycles. The summed E-state index contributed by atoms with van der Waals surface area (Å²) in [5.41, 5.74) is 6.89. The molecule has 0 spiro atoms. The van der Waals surface area contributed by atoms with E-state index in [0.717, 1.165) is 12.5 Å². The number of aromatic hydroxyl groups is 1. The van der Waals surface area contributed by atoms with Crippen LogP contribution in [0.3, 0.4) is 0 Å². The molecule has 0 radical (unpaired) electrons. The van der Waals surface area contributed by atoms with Crippen LogP contribution in [0.1, 0.15) is 36.0 Å². The molecule has 2 aliphatic rings. The van der Waals surface area contributed by atoms with Gasteiger partial charge in [0.15, 0.2) is 0 Å². The van der Waals surface area contributed by atoms with Gasteiger partial charge in [0.05, 0.1) is 5.56 Å². The third-order valence-electron chi connectivity index (χ3n) is 4.22. The number of hydrogen-bond donors (Lipinski definition) is 3. The number of nitrogens with one attached hydrogen (secondary N) is 1. The van der Waals surface area contributed by atoms with Crippen LogP contribution < -0.4 is 11.1 Å². The highest BCUT2D eigenvalue weighted by Gasteiger charge is 2.53. The third-order valence-corrected chi connectivity index (χ3v) is 4.22. The molecule has 0 unspecified atom stereocenters. The van der Waals surface area contributed by atoms with E-state index in [-0.39, 0.29) is 11.7 Å². The quantitative estimate of drug-likeness (QED) is 0.561. The van der Waals surface area contributed by atoms with Gasteiger partial charge in [0.25, 0.3) is 5.91 Å². The summed E-state index contributed by atoms with van der Waals surface area (Å²) in [6.45, 7) is 0.742. The summed E-state index contributed by atoms with van der Waals surface area (Å²) in [5, 5.41) is 12.4. The number of amides is 1. The zero-order valence-electron chi connectivity index (χ0n) is 10.3. The van der Waals surface area contributed by atoms with Gasteiger partial charge < -0.3 is 16.2 Å². The van der Waals surface area contributed by atoms with Crippen LogP contribution in [0.2, 0.25) is 0 Å². The zero-order chi connectivity index (χ0) is 12.8. The molecule has 18 heavy (non-hydrogen) atoms. The molecule has 0 aliphatic heterocycles. The lowest BCUT2D eigenvalue weighted by atomic mass is 10.0. The van der Waals surface area contributed by atoms with E-state index in [9.17, 15) is 9.90 Å². The highest BCUT2D eigenvalue weighted by Crippen LogP contribution is 2.60. The van der Waals surface area contributed by atoms with Gasteiger partial charge in [-0.05, 0) is 55.2 Å². The Morgan fingerprint density at radius 3 is 2.78 bits per heavy atom. The third kappa shape index (κ3) is 2.03. The Hall–Kier alpha value is -1.71. The van der Waals surface area contributed by atoms with Crippen molar-refractivity contribution in [3.05, 3.63) is 23.8 Å². The second-order valence-corrected chi connectivity index (χ2v) is 5.59. The van der Waals surface area contributed by atoms with E-state index in [1.807, 2.05) is 0 Å². The van der Waals surface area contributed by atoms with Gasteiger partial charge in [-0.15, -0.1) is 0 Å². The van der Waals surface area contributed by atoms with Crippen LogP contribution in [0.25, 0.3) is 0 Å². The number of phenols is 1. The summed E-state index contributed by atoms with van der Waals surface area (Å²) >= 11 is 0. The molecule has 96 valence electrons. The minimum atomic E-state index is -0.185. The fourth-order valence-electron chi connectivity index (χ4n) is 2.68. The van der Waals surface area contributed by atoms with Crippen molar-refractivity contribution in [2.45, 2.75) is 25.7 Å². The van der Waals surface area contributed by atoms with Gasteiger partial charge >= 0.3 is 0 Å². The number of anilines is 1. The number of phenolic OH excluding ortho intramolecular Hbond substituents is 1.